The molecule has 2 aromatic rings. The molecule has 1 aromatic heterocycles. The number of rotatable bonds is 4. The number of para-hydroxylation sites is 1. The predicted octanol–water partition coefficient (Wildman–Crippen LogP) is 2.55. The Morgan fingerprint density at radius 3 is 3.10 bits per heavy atom. The third kappa shape index (κ3) is 3.02. The van der Waals surface area contributed by atoms with Crippen LogP contribution < -0.4 is 10.6 Å². The van der Waals surface area contributed by atoms with Gasteiger partial charge >= 0.3 is 0 Å². The van der Waals surface area contributed by atoms with Gasteiger partial charge in [0, 0.05) is 11.9 Å². The highest BCUT2D eigenvalue weighted by Gasteiger charge is 2.15. The van der Waals surface area contributed by atoms with Crippen molar-refractivity contribution in [1.29, 1.82) is 0 Å². The van der Waals surface area contributed by atoms with Crippen molar-refractivity contribution in [2.45, 2.75) is 19.3 Å². The van der Waals surface area contributed by atoms with Gasteiger partial charge in [-0.05, 0) is 50.4 Å². The Morgan fingerprint density at radius 2 is 2.30 bits per heavy atom. The number of hydrogen-bond donors (Lipinski definition) is 2. The zero-order chi connectivity index (χ0) is 13.8. The summed E-state index contributed by atoms with van der Waals surface area (Å²) in [5.74, 6) is 0.956. The van der Waals surface area contributed by atoms with Gasteiger partial charge in [-0.15, -0.1) is 0 Å². The van der Waals surface area contributed by atoms with Crippen molar-refractivity contribution in [2.24, 2.45) is 5.92 Å². The van der Waals surface area contributed by atoms with Gasteiger partial charge in [-0.25, -0.2) is 0 Å². The van der Waals surface area contributed by atoms with E-state index in [2.05, 4.69) is 10.6 Å². The van der Waals surface area contributed by atoms with Crippen LogP contribution in [0.25, 0.3) is 11.0 Å². The minimum atomic E-state index is -0.120. The third-order valence-electron chi connectivity index (χ3n) is 3.89. The Balaban J connectivity index is 1.53. The van der Waals surface area contributed by atoms with E-state index in [1.54, 1.807) is 6.07 Å². The van der Waals surface area contributed by atoms with Crippen LogP contribution in [0.2, 0.25) is 0 Å². The van der Waals surface area contributed by atoms with Crippen LogP contribution in [0.3, 0.4) is 0 Å². The van der Waals surface area contributed by atoms with E-state index < -0.39 is 0 Å². The van der Waals surface area contributed by atoms with Gasteiger partial charge in [0.05, 0.1) is 0 Å². The molecule has 2 N–H and O–H groups in total. The number of furan rings is 1. The fourth-order valence-corrected chi connectivity index (χ4v) is 2.74. The van der Waals surface area contributed by atoms with Gasteiger partial charge in [-0.1, -0.05) is 18.2 Å². The third-order valence-corrected chi connectivity index (χ3v) is 3.89. The maximum absolute atomic E-state index is 12.0. The Bertz CT molecular complexity index is 552. The lowest BCUT2D eigenvalue weighted by Crippen LogP contribution is -2.33. The van der Waals surface area contributed by atoms with Crippen LogP contribution in [-0.2, 0) is 0 Å². The number of hydrogen-bond acceptors (Lipinski definition) is 3. The average Bonchev–Trinajstić information content (AvgIpc) is 2.92. The summed E-state index contributed by atoms with van der Waals surface area (Å²) >= 11 is 0. The van der Waals surface area contributed by atoms with Crippen LogP contribution in [-0.4, -0.2) is 25.5 Å². The SMILES string of the molecule is O=C(NCCC1CCCNC1)c1cc2ccccc2o1. The van der Waals surface area contributed by atoms with Crippen LogP contribution in [0, 0.1) is 5.92 Å². The van der Waals surface area contributed by atoms with Crippen molar-refractivity contribution in [3.05, 3.63) is 36.1 Å². The molecule has 1 aliphatic heterocycles. The molecule has 1 saturated heterocycles. The molecular weight excluding hydrogens is 252 g/mol. The molecule has 3 rings (SSSR count). The summed E-state index contributed by atoms with van der Waals surface area (Å²) in [7, 11) is 0. The number of carbonyl (C=O) groups excluding carboxylic acids is 1. The number of nitrogens with one attached hydrogen (secondary N) is 2. The average molecular weight is 272 g/mol. The van der Waals surface area contributed by atoms with Crippen molar-refractivity contribution in [2.75, 3.05) is 19.6 Å². The maximum atomic E-state index is 12.0. The van der Waals surface area contributed by atoms with Gasteiger partial charge in [0.2, 0.25) is 0 Å². The maximum Gasteiger partial charge on any atom is 0.287 e. The molecule has 4 nitrogen and oxygen atoms in total. The van der Waals surface area contributed by atoms with Gasteiger partial charge < -0.3 is 15.1 Å². The molecule has 0 bridgehead atoms. The molecule has 1 fully saturated rings. The number of benzene rings is 1. The van der Waals surface area contributed by atoms with E-state index in [0.29, 0.717) is 18.2 Å². The minimum Gasteiger partial charge on any atom is -0.451 e. The first-order chi connectivity index (χ1) is 9.83. The van der Waals surface area contributed by atoms with Gasteiger partial charge in [0.15, 0.2) is 5.76 Å². The molecule has 4 heteroatoms. The molecule has 2 heterocycles. The quantitative estimate of drug-likeness (QED) is 0.899. The second kappa shape index (κ2) is 6.09. The fraction of sp³-hybridized carbons (Fsp3) is 0.438. The van der Waals surface area contributed by atoms with E-state index in [0.717, 1.165) is 30.5 Å². The van der Waals surface area contributed by atoms with E-state index in [1.807, 2.05) is 24.3 Å². The summed E-state index contributed by atoms with van der Waals surface area (Å²) in [6.45, 7) is 2.91. The molecule has 1 amide bonds. The van der Waals surface area contributed by atoms with Crippen molar-refractivity contribution in [3.63, 3.8) is 0 Å². The van der Waals surface area contributed by atoms with Gasteiger partial charge in [0.1, 0.15) is 5.58 Å². The summed E-state index contributed by atoms with van der Waals surface area (Å²) in [6.07, 6.45) is 3.52. The molecule has 0 spiro atoms. The van der Waals surface area contributed by atoms with E-state index in [9.17, 15) is 4.79 Å². The number of fused-ring (bicyclic) bond motifs is 1. The summed E-state index contributed by atoms with van der Waals surface area (Å²) < 4.78 is 5.55. The first kappa shape index (κ1) is 13.2. The molecule has 0 radical (unpaired) electrons. The lowest BCUT2D eigenvalue weighted by atomic mass is 9.96. The molecular formula is C16H20N2O2. The normalized spacial score (nSPS) is 19.1. The predicted molar refractivity (Wildman–Crippen MR) is 78.8 cm³/mol. The van der Waals surface area contributed by atoms with Crippen LogP contribution in [0.1, 0.15) is 29.8 Å². The highest BCUT2D eigenvalue weighted by molar-refractivity contribution is 5.95. The summed E-state index contributed by atoms with van der Waals surface area (Å²) in [4.78, 5) is 12.0. The molecule has 0 saturated carbocycles. The van der Waals surface area contributed by atoms with Crippen LogP contribution >= 0.6 is 0 Å². The monoisotopic (exact) mass is 272 g/mol. The van der Waals surface area contributed by atoms with Crippen LogP contribution in [0.4, 0.5) is 0 Å². The van der Waals surface area contributed by atoms with Crippen LogP contribution in [0.5, 0.6) is 0 Å². The first-order valence-corrected chi connectivity index (χ1v) is 7.30. The van der Waals surface area contributed by atoms with Crippen molar-refractivity contribution in [1.82, 2.24) is 10.6 Å². The van der Waals surface area contributed by atoms with Crippen molar-refractivity contribution in [3.8, 4) is 0 Å². The Morgan fingerprint density at radius 1 is 1.40 bits per heavy atom. The molecule has 0 aliphatic carbocycles. The highest BCUT2D eigenvalue weighted by Crippen LogP contribution is 2.18. The lowest BCUT2D eigenvalue weighted by molar-refractivity contribution is 0.0925. The Hall–Kier alpha value is -1.81. The van der Waals surface area contributed by atoms with E-state index >= 15 is 0 Å². The molecule has 20 heavy (non-hydrogen) atoms. The molecule has 1 aromatic carbocycles. The van der Waals surface area contributed by atoms with Gasteiger partial charge in [-0.2, -0.15) is 0 Å². The zero-order valence-corrected chi connectivity index (χ0v) is 11.5. The first-order valence-electron chi connectivity index (χ1n) is 7.30. The smallest absolute Gasteiger partial charge is 0.287 e. The number of amides is 1. The topological polar surface area (TPSA) is 54.3 Å². The second-order valence-electron chi connectivity index (χ2n) is 5.41. The number of carbonyl (C=O) groups is 1. The summed E-state index contributed by atoms with van der Waals surface area (Å²) in [5.41, 5.74) is 0.758. The Labute approximate surface area is 118 Å². The van der Waals surface area contributed by atoms with E-state index in [-0.39, 0.29) is 5.91 Å². The standard InChI is InChI=1S/C16H20N2O2/c19-16(18-9-7-12-4-3-8-17-11-12)15-10-13-5-1-2-6-14(13)20-15/h1-2,5-6,10,12,17H,3-4,7-9,11H2,(H,18,19). The van der Waals surface area contributed by atoms with Gasteiger partial charge in [-0.3, -0.25) is 4.79 Å². The molecule has 106 valence electrons. The molecule has 1 unspecified atom stereocenters. The van der Waals surface area contributed by atoms with E-state index in [4.69, 9.17) is 4.42 Å². The Kier molecular flexibility index (Phi) is 4.02. The van der Waals surface area contributed by atoms with Crippen LogP contribution in [0.15, 0.2) is 34.7 Å². The minimum absolute atomic E-state index is 0.120. The summed E-state index contributed by atoms with van der Waals surface area (Å²) in [6, 6.07) is 9.47. The lowest BCUT2D eigenvalue weighted by Gasteiger charge is -2.22. The highest BCUT2D eigenvalue weighted by atomic mass is 16.3. The molecule has 1 aliphatic rings. The van der Waals surface area contributed by atoms with Crippen molar-refractivity contribution < 1.29 is 9.21 Å². The largest absolute Gasteiger partial charge is 0.451 e. The van der Waals surface area contributed by atoms with E-state index in [1.165, 1.54) is 12.8 Å². The number of piperidine rings is 1. The zero-order valence-electron chi connectivity index (χ0n) is 11.5. The fourth-order valence-electron chi connectivity index (χ4n) is 2.74. The van der Waals surface area contributed by atoms with Gasteiger partial charge in [0.25, 0.3) is 5.91 Å². The second-order valence-corrected chi connectivity index (χ2v) is 5.41. The molecule has 1 atom stereocenters. The summed E-state index contributed by atoms with van der Waals surface area (Å²) in [5, 5.41) is 7.30. The van der Waals surface area contributed by atoms with Crippen molar-refractivity contribution >= 4 is 16.9 Å².